The lowest BCUT2D eigenvalue weighted by Crippen LogP contribution is -2.37. The number of anilines is 2. The van der Waals surface area contributed by atoms with Crippen LogP contribution < -0.4 is 10.2 Å². The van der Waals surface area contributed by atoms with Gasteiger partial charge in [-0.25, -0.2) is 4.98 Å². The van der Waals surface area contributed by atoms with Gasteiger partial charge in [-0.05, 0) is 61.9 Å². The lowest BCUT2D eigenvalue weighted by Gasteiger charge is -2.27. The zero-order valence-electron chi connectivity index (χ0n) is 16.6. The fraction of sp³-hybridized carbons (Fsp3) is 0.174. The molecule has 0 aliphatic carbocycles. The Labute approximate surface area is 184 Å². The van der Waals surface area contributed by atoms with E-state index in [9.17, 15) is 9.59 Å². The molecule has 152 valence electrons. The highest BCUT2D eigenvalue weighted by molar-refractivity contribution is 7.99. The number of nitrogens with one attached hydrogen (secondary N) is 1. The second-order valence-electron chi connectivity index (χ2n) is 7.26. The van der Waals surface area contributed by atoms with E-state index in [0.717, 1.165) is 16.1 Å². The monoisotopic (exact) mass is 437 g/mol. The molecule has 2 heterocycles. The molecule has 30 heavy (non-hydrogen) atoms. The Kier molecular flexibility index (Phi) is 5.79. The summed E-state index contributed by atoms with van der Waals surface area (Å²) in [5, 5.41) is 4.25. The van der Waals surface area contributed by atoms with Gasteiger partial charge in [0.25, 0.3) is 5.91 Å². The molecule has 1 aliphatic heterocycles. The number of pyridine rings is 1. The summed E-state index contributed by atoms with van der Waals surface area (Å²) < 4.78 is 0. The van der Waals surface area contributed by atoms with Crippen LogP contribution in [0.4, 0.5) is 11.4 Å². The van der Waals surface area contributed by atoms with E-state index < -0.39 is 0 Å². The lowest BCUT2D eigenvalue weighted by molar-refractivity contribution is -0.115. The normalized spacial score (nSPS) is 12.9. The van der Waals surface area contributed by atoms with Crippen molar-refractivity contribution in [2.45, 2.75) is 36.2 Å². The molecule has 0 fully saturated rings. The maximum atomic E-state index is 13.1. The van der Waals surface area contributed by atoms with E-state index in [4.69, 9.17) is 11.6 Å². The smallest absolute Gasteiger partial charge is 0.261 e. The van der Waals surface area contributed by atoms with Crippen molar-refractivity contribution in [3.63, 3.8) is 0 Å². The van der Waals surface area contributed by atoms with Gasteiger partial charge in [0, 0.05) is 27.8 Å². The molecule has 1 aliphatic rings. The van der Waals surface area contributed by atoms with Crippen molar-refractivity contribution in [2.75, 3.05) is 10.2 Å². The molecule has 3 aromatic rings. The fourth-order valence-electron chi connectivity index (χ4n) is 3.36. The summed E-state index contributed by atoms with van der Waals surface area (Å²) in [7, 11) is 0. The number of benzene rings is 2. The summed E-state index contributed by atoms with van der Waals surface area (Å²) in [6.45, 7) is 3.96. The van der Waals surface area contributed by atoms with Gasteiger partial charge in [0.2, 0.25) is 5.91 Å². The summed E-state index contributed by atoms with van der Waals surface area (Å²) in [6.07, 6.45) is 1.93. The summed E-state index contributed by atoms with van der Waals surface area (Å²) in [5.41, 5.74) is 2.96. The van der Waals surface area contributed by atoms with Crippen molar-refractivity contribution < 1.29 is 9.59 Å². The van der Waals surface area contributed by atoms with Crippen molar-refractivity contribution in [1.29, 1.82) is 0 Å². The van der Waals surface area contributed by atoms with Gasteiger partial charge in [-0.15, -0.1) is 0 Å². The van der Waals surface area contributed by atoms with Gasteiger partial charge in [-0.3, -0.25) is 9.59 Å². The minimum absolute atomic E-state index is 0.0200. The van der Waals surface area contributed by atoms with E-state index in [1.54, 1.807) is 35.4 Å². The zero-order chi connectivity index (χ0) is 21.3. The largest absolute Gasteiger partial charge is 0.326 e. The molecule has 0 bridgehead atoms. The molecule has 7 heteroatoms. The number of carbonyl (C=O) groups is 2. The standard InChI is InChI=1S/C23H20ClN3O2S/c1-14(2)27-19-10-9-17(26-21(28)12-15-5-7-16(24)8-6-15)13-20(19)30-22-18(23(27)29)4-3-11-25-22/h3-11,13-14H,12H2,1-2H3,(H,26,28). The molecule has 2 aromatic carbocycles. The van der Waals surface area contributed by atoms with Crippen LogP contribution in [0.3, 0.4) is 0 Å². The Morgan fingerprint density at radius 3 is 2.67 bits per heavy atom. The van der Waals surface area contributed by atoms with Crippen molar-refractivity contribution in [2.24, 2.45) is 0 Å². The number of hydrogen-bond donors (Lipinski definition) is 1. The second-order valence-corrected chi connectivity index (χ2v) is 8.73. The molecule has 0 saturated heterocycles. The van der Waals surface area contributed by atoms with Gasteiger partial charge in [0.05, 0.1) is 17.7 Å². The molecule has 2 amide bonds. The van der Waals surface area contributed by atoms with Gasteiger partial charge in [0.15, 0.2) is 0 Å². The Morgan fingerprint density at radius 2 is 1.93 bits per heavy atom. The molecule has 0 saturated carbocycles. The van der Waals surface area contributed by atoms with Crippen molar-refractivity contribution in [3.05, 3.63) is 76.9 Å². The van der Waals surface area contributed by atoms with Crippen LogP contribution >= 0.6 is 23.4 Å². The van der Waals surface area contributed by atoms with Crippen LogP contribution in [0.25, 0.3) is 0 Å². The van der Waals surface area contributed by atoms with Crippen molar-refractivity contribution in [3.8, 4) is 0 Å². The van der Waals surface area contributed by atoms with Crippen molar-refractivity contribution >= 4 is 46.6 Å². The average molecular weight is 438 g/mol. The van der Waals surface area contributed by atoms with Crippen LogP contribution in [0.2, 0.25) is 5.02 Å². The van der Waals surface area contributed by atoms with E-state index in [0.29, 0.717) is 21.3 Å². The van der Waals surface area contributed by atoms with E-state index >= 15 is 0 Å². The number of hydrogen-bond acceptors (Lipinski definition) is 4. The third-order valence-corrected chi connectivity index (χ3v) is 6.04. The first-order chi connectivity index (χ1) is 14.4. The second kappa shape index (κ2) is 8.50. The lowest BCUT2D eigenvalue weighted by atomic mass is 10.1. The Morgan fingerprint density at radius 1 is 1.17 bits per heavy atom. The SMILES string of the molecule is CC(C)N1C(=O)c2cccnc2Sc2cc(NC(=O)Cc3ccc(Cl)cc3)ccc21. The number of carbonyl (C=O) groups excluding carboxylic acids is 2. The first kappa shape index (κ1) is 20.4. The van der Waals surface area contributed by atoms with E-state index in [1.165, 1.54) is 11.8 Å². The minimum atomic E-state index is -0.119. The highest BCUT2D eigenvalue weighted by Crippen LogP contribution is 2.42. The highest BCUT2D eigenvalue weighted by Gasteiger charge is 2.29. The summed E-state index contributed by atoms with van der Waals surface area (Å²) in [6, 6.07) is 16.4. The van der Waals surface area contributed by atoms with Crippen LogP contribution in [0.1, 0.15) is 29.8 Å². The number of nitrogens with zero attached hydrogens (tertiary/aromatic N) is 2. The Hall–Kier alpha value is -2.83. The number of halogens is 1. The minimum Gasteiger partial charge on any atom is -0.326 e. The van der Waals surface area contributed by atoms with Gasteiger partial charge in [-0.1, -0.05) is 35.5 Å². The third-order valence-electron chi connectivity index (χ3n) is 4.72. The summed E-state index contributed by atoms with van der Waals surface area (Å²) >= 11 is 7.34. The molecule has 0 atom stereocenters. The first-order valence-corrected chi connectivity index (χ1v) is 10.8. The quantitative estimate of drug-likeness (QED) is 0.590. The molecule has 4 rings (SSSR count). The summed E-state index contributed by atoms with van der Waals surface area (Å²) in [5.74, 6) is -0.190. The average Bonchev–Trinajstić information content (AvgIpc) is 2.83. The van der Waals surface area contributed by atoms with Crippen LogP contribution in [0.15, 0.2) is 70.7 Å². The van der Waals surface area contributed by atoms with E-state index in [2.05, 4.69) is 10.3 Å². The number of amides is 2. The summed E-state index contributed by atoms with van der Waals surface area (Å²) in [4.78, 5) is 32.7. The predicted molar refractivity (Wildman–Crippen MR) is 121 cm³/mol. The molecule has 5 nitrogen and oxygen atoms in total. The first-order valence-electron chi connectivity index (χ1n) is 9.57. The Balaban J connectivity index is 1.62. The predicted octanol–water partition coefficient (Wildman–Crippen LogP) is 5.44. The highest BCUT2D eigenvalue weighted by atomic mass is 35.5. The maximum Gasteiger partial charge on any atom is 0.261 e. The number of aromatic nitrogens is 1. The van der Waals surface area contributed by atoms with Crippen LogP contribution in [-0.2, 0) is 11.2 Å². The molecule has 0 radical (unpaired) electrons. The Bertz CT molecular complexity index is 1120. The van der Waals surface area contributed by atoms with E-state index in [-0.39, 0.29) is 24.3 Å². The molecular formula is C23H20ClN3O2S. The van der Waals surface area contributed by atoms with Gasteiger partial charge >= 0.3 is 0 Å². The molecule has 1 aromatic heterocycles. The van der Waals surface area contributed by atoms with Crippen LogP contribution in [-0.4, -0.2) is 22.8 Å². The van der Waals surface area contributed by atoms with Crippen LogP contribution in [0.5, 0.6) is 0 Å². The maximum absolute atomic E-state index is 13.1. The third kappa shape index (κ3) is 4.20. The van der Waals surface area contributed by atoms with Gasteiger partial charge in [0.1, 0.15) is 5.03 Å². The van der Waals surface area contributed by atoms with E-state index in [1.807, 2.05) is 44.2 Å². The molecule has 0 spiro atoms. The topological polar surface area (TPSA) is 62.3 Å². The van der Waals surface area contributed by atoms with Crippen molar-refractivity contribution in [1.82, 2.24) is 4.98 Å². The molecular weight excluding hydrogens is 418 g/mol. The van der Waals surface area contributed by atoms with Gasteiger partial charge < -0.3 is 10.2 Å². The number of fused-ring (bicyclic) bond motifs is 2. The molecule has 1 N–H and O–H groups in total. The number of rotatable bonds is 4. The molecule has 0 unspecified atom stereocenters. The van der Waals surface area contributed by atoms with Gasteiger partial charge in [-0.2, -0.15) is 0 Å². The van der Waals surface area contributed by atoms with Crippen LogP contribution in [0, 0.1) is 0 Å². The zero-order valence-corrected chi connectivity index (χ0v) is 18.1. The fourth-order valence-corrected chi connectivity index (χ4v) is 4.53.